The Hall–Kier alpha value is -3.20. The number of carbonyl (C=O) groups is 1. The molecule has 168 valence electrons. The van der Waals surface area contributed by atoms with Crippen LogP contribution in [0, 0.1) is 6.92 Å². The number of nitrogens with zero attached hydrogens (tertiary/aromatic N) is 5. The topological polar surface area (TPSA) is 83.5 Å². The molecule has 1 amide bonds. The standard InChI is InChI=1S/C23H28N6O2S/c1-16-8-9-24-20(14-16)27-19-7-5-6-17(26-19)18-15-25-21(32-18)28-10-12-29(13-11-28)22(30)31-23(2,3)4/h5-9,14-15H,10-13H2,1-4H3,(H,24,26,27). The zero-order valence-corrected chi connectivity index (χ0v) is 19.6. The number of carbonyl (C=O) groups excluding carboxylic acids is 1. The van der Waals surface area contributed by atoms with Crippen LogP contribution in [0.15, 0.2) is 42.7 Å². The minimum absolute atomic E-state index is 0.256. The molecule has 0 unspecified atom stereocenters. The van der Waals surface area contributed by atoms with Gasteiger partial charge >= 0.3 is 6.09 Å². The van der Waals surface area contributed by atoms with Crippen LogP contribution in [0.3, 0.4) is 0 Å². The number of piperazine rings is 1. The number of ether oxygens (including phenoxy) is 1. The highest BCUT2D eigenvalue weighted by Gasteiger charge is 2.27. The van der Waals surface area contributed by atoms with Crippen molar-refractivity contribution in [3.63, 3.8) is 0 Å². The van der Waals surface area contributed by atoms with E-state index in [-0.39, 0.29) is 6.09 Å². The Morgan fingerprint density at radius 2 is 1.88 bits per heavy atom. The second kappa shape index (κ2) is 9.12. The maximum absolute atomic E-state index is 12.3. The van der Waals surface area contributed by atoms with Crippen molar-refractivity contribution in [1.29, 1.82) is 0 Å². The summed E-state index contributed by atoms with van der Waals surface area (Å²) in [7, 11) is 0. The molecule has 3 aromatic heterocycles. The summed E-state index contributed by atoms with van der Waals surface area (Å²) in [6.07, 6.45) is 3.38. The van der Waals surface area contributed by atoms with Gasteiger partial charge in [0, 0.05) is 38.6 Å². The van der Waals surface area contributed by atoms with Gasteiger partial charge in [-0.2, -0.15) is 0 Å². The van der Waals surface area contributed by atoms with Gasteiger partial charge in [-0.05, 0) is 57.5 Å². The van der Waals surface area contributed by atoms with E-state index in [4.69, 9.17) is 9.72 Å². The highest BCUT2D eigenvalue weighted by atomic mass is 32.1. The van der Waals surface area contributed by atoms with E-state index in [0.29, 0.717) is 13.1 Å². The second-order valence-electron chi connectivity index (χ2n) is 8.71. The molecule has 1 saturated heterocycles. The van der Waals surface area contributed by atoms with Gasteiger partial charge in [-0.25, -0.2) is 19.7 Å². The van der Waals surface area contributed by atoms with Crippen molar-refractivity contribution >= 4 is 34.2 Å². The van der Waals surface area contributed by atoms with Crippen LogP contribution in [0.4, 0.5) is 21.6 Å². The lowest BCUT2D eigenvalue weighted by Crippen LogP contribution is -2.50. The SMILES string of the molecule is Cc1ccnc(Nc2cccc(-c3cnc(N4CCN(C(=O)OC(C)(C)C)CC4)s3)n2)c1. The smallest absolute Gasteiger partial charge is 0.410 e. The van der Waals surface area contributed by atoms with Gasteiger partial charge in [-0.15, -0.1) is 0 Å². The van der Waals surface area contributed by atoms with Crippen molar-refractivity contribution in [2.24, 2.45) is 0 Å². The van der Waals surface area contributed by atoms with Crippen LogP contribution in [-0.2, 0) is 4.74 Å². The molecule has 0 atom stereocenters. The Morgan fingerprint density at radius 1 is 1.09 bits per heavy atom. The molecule has 1 fully saturated rings. The summed E-state index contributed by atoms with van der Waals surface area (Å²) >= 11 is 1.60. The third-order valence-electron chi connectivity index (χ3n) is 4.87. The van der Waals surface area contributed by atoms with Crippen molar-refractivity contribution < 1.29 is 9.53 Å². The number of thiazole rings is 1. The summed E-state index contributed by atoms with van der Waals surface area (Å²) in [5.41, 5.74) is 1.51. The van der Waals surface area contributed by atoms with Crippen LogP contribution < -0.4 is 10.2 Å². The zero-order valence-electron chi connectivity index (χ0n) is 18.8. The van der Waals surface area contributed by atoms with Crippen molar-refractivity contribution in [3.8, 4) is 10.6 Å². The van der Waals surface area contributed by atoms with Crippen LogP contribution in [0.25, 0.3) is 10.6 Å². The normalized spacial score (nSPS) is 14.4. The number of pyridine rings is 2. The largest absolute Gasteiger partial charge is 0.444 e. The van der Waals surface area contributed by atoms with E-state index in [0.717, 1.165) is 46.0 Å². The molecule has 0 spiro atoms. The third kappa shape index (κ3) is 5.53. The summed E-state index contributed by atoms with van der Waals surface area (Å²) in [5.74, 6) is 1.50. The number of hydrogen-bond donors (Lipinski definition) is 1. The number of rotatable bonds is 4. The summed E-state index contributed by atoms with van der Waals surface area (Å²) in [5, 5.41) is 4.19. The third-order valence-corrected chi connectivity index (χ3v) is 5.95. The fourth-order valence-corrected chi connectivity index (χ4v) is 4.25. The fraction of sp³-hybridized carbons (Fsp3) is 0.391. The summed E-state index contributed by atoms with van der Waals surface area (Å²) in [6, 6.07) is 9.81. The van der Waals surface area contributed by atoms with Crippen LogP contribution in [0.5, 0.6) is 0 Å². The van der Waals surface area contributed by atoms with Gasteiger partial charge in [0.2, 0.25) is 0 Å². The number of aromatic nitrogens is 3. The zero-order chi connectivity index (χ0) is 22.7. The average molecular weight is 453 g/mol. The first kappa shape index (κ1) is 22.0. The molecule has 1 aliphatic heterocycles. The first-order chi connectivity index (χ1) is 15.3. The highest BCUT2D eigenvalue weighted by molar-refractivity contribution is 7.18. The van der Waals surface area contributed by atoms with Crippen molar-refractivity contribution in [1.82, 2.24) is 19.9 Å². The first-order valence-corrected chi connectivity index (χ1v) is 11.4. The molecular weight excluding hydrogens is 424 g/mol. The lowest BCUT2D eigenvalue weighted by atomic mass is 10.2. The summed E-state index contributed by atoms with van der Waals surface area (Å²) < 4.78 is 5.48. The van der Waals surface area contributed by atoms with Crippen LogP contribution in [-0.4, -0.2) is 57.7 Å². The van der Waals surface area contributed by atoms with Gasteiger partial charge in [0.15, 0.2) is 5.13 Å². The molecule has 0 aromatic carbocycles. The molecule has 32 heavy (non-hydrogen) atoms. The van der Waals surface area contributed by atoms with Crippen LogP contribution in [0.1, 0.15) is 26.3 Å². The van der Waals surface area contributed by atoms with E-state index in [1.54, 1.807) is 22.4 Å². The summed E-state index contributed by atoms with van der Waals surface area (Å²) in [6.45, 7) is 10.4. The molecule has 3 aromatic rings. The van der Waals surface area contributed by atoms with Gasteiger partial charge < -0.3 is 19.9 Å². The average Bonchev–Trinajstić information content (AvgIpc) is 3.23. The number of hydrogen-bond acceptors (Lipinski definition) is 8. The molecule has 8 nitrogen and oxygen atoms in total. The molecular formula is C23H28N6O2S. The first-order valence-electron chi connectivity index (χ1n) is 10.6. The lowest BCUT2D eigenvalue weighted by Gasteiger charge is -2.35. The number of aryl methyl sites for hydroxylation is 1. The predicted octanol–water partition coefficient (Wildman–Crippen LogP) is 4.71. The molecule has 0 saturated carbocycles. The highest BCUT2D eigenvalue weighted by Crippen LogP contribution is 2.31. The van der Waals surface area contributed by atoms with Gasteiger partial charge in [0.25, 0.3) is 0 Å². The molecule has 0 bridgehead atoms. The molecule has 0 radical (unpaired) electrons. The van der Waals surface area contributed by atoms with E-state index in [1.807, 2.05) is 64.2 Å². The lowest BCUT2D eigenvalue weighted by molar-refractivity contribution is 0.0240. The number of anilines is 3. The maximum atomic E-state index is 12.3. The Labute approximate surface area is 192 Å². The van der Waals surface area contributed by atoms with E-state index in [1.165, 1.54) is 0 Å². The van der Waals surface area contributed by atoms with E-state index in [2.05, 4.69) is 20.2 Å². The summed E-state index contributed by atoms with van der Waals surface area (Å²) in [4.78, 5) is 30.9. The molecule has 1 N–H and O–H groups in total. The Balaban J connectivity index is 1.40. The monoisotopic (exact) mass is 452 g/mol. The Bertz CT molecular complexity index is 1090. The Kier molecular flexibility index (Phi) is 6.27. The quantitative estimate of drug-likeness (QED) is 0.614. The number of nitrogens with one attached hydrogen (secondary N) is 1. The van der Waals surface area contributed by atoms with Crippen LogP contribution >= 0.6 is 11.3 Å². The molecule has 4 rings (SSSR count). The minimum atomic E-state index is -0.482. The van der Waals surface area contributed by atoms with Gasteiger partial charge in [-0.3, -0.25) is 0 Å². The van der Waals surface area contributed by atoms with Crippen molar-refractivity contribution in [2.75, 3.05) is 36.4 Å². The van der Waals surface area contributed by atoms with Crippen molar-refractivity contribution in [3.05, 3.63) is 48.3 Å². The molecule has 9 heteroatoms. The predicted molar refractivity (Wildman–Crippen MR) is 128 cm³/mol. The van der Waals surface area contributed by atoms with Crippen molar-refractivity contribution in [2.45, 2.75) is 33.3 Å². The Morgan fingerprint density at radius 3 is 2.59 bits per heavy atom. The number of amides is 1. The minimum Gasteiger partial charge on any atom is -0.444 e. The molecule has 1 aliphatic rings. The van der Waals surface area contributed by atoms with E-state index >= 15 is 0 Å². The second-order valence-corrected chi connectivity index (χ2v) is 9.72. The molecule has 0 aliphatic carbocycles. The van der Waals surface area contributed by atoms with Gasteiger partial charge in [-0.1, -0.05) is 17.4 Å². The fourth-order valence-electron chi connectivity index (χ4n) is 3.31. The van der Waals surface area contributed by atoms with E-state index < -0.39 is 5.60 Å². The van der Waals surface area contributed by atoms with Crippen LogP contribution in [0.2, 0.25) is 0 Å². The maximum Gasteiger partial charge on any atom is 0.410 e. The van der Waals surface area contributed by atoms with Gasteiger partial charge in [0.1, 0.15) is 17.2 Å². The van der Waals surface area contributed by atoms with Gasteiger partial charge in [0.05, 0.1) is 10.6 Å². The van der Waals surface area contributed by atoms with E-state index in [9.17, 15) is 4.79 Å². The molecule has 4 heterocycles.